The monoisotopic (exact) mass is 341 g/mol. The number of nitrogens with two attached hydrogens (primary N) is 1. The van der Waals surface area contributed by atoms with Crippen LogP contribution in [-0.4, -0.2) is 24.4 Å². The molecule has 0 saturated heterocycles. The van der Waals surface area contributed by atoms with Crippen molar-refractivity contribution in [2.24, 2.45) is 5.73 Å². The molecule has 0 radical (unpaired) electrons. The van der Waals surface area contributed by atoms with Gasteiger partial charge in [-0.05, 0) is 37.6 Å². The van der Waals surface area contributed by atoms with E-state index in [1.165, 1.54) is 0 Å². The summed E-state index contributed by atoms with van der Waals surface area (Å²) in [5.74, 6) is -0.196. The smallest absolute Gasteiger partial charge is 0.226 e. The van der Waals surface area contributed by atoms with E-state index in [2.05, 4.69) is 26.6 Å². The van der Waals surface area contributed by atoms with Crippen molar-refractivity contribution < 1.29 is 9.59 Å². The van der Waals surface area contributed by atoms with Crippen molar-refractivity contribution in [1.82, 2.24) is 5.32 Å². The summed E-state index contributed by atoms with van der Waals surface area (Å²) in [6, 6.07) is 7.34. The molecular weight excluding hydrogens is 322 g/mol. The number of nitrogens with one attached hydrogen (secondary N) is 2. The number of hydrogen-bond donors (Lipinski definition) is 3. The van der Waals surface area contributed by atoms with E-state index in [1.54, 1.807) is 0 Å². The maximum absolute atomic E-state index is 11.7. The molecule has 0 aliphatic rings. The van der Waals surface area contributed by atoms with Gasteiger partial charge in [-0.25, -0.2) is 0 Å². The molecule has 5 nitrogen and oxygen atoms in total. The Morgan fingerprint density at radius 1 is 1.20 bits per heavy atom. The minimum absolute atomic E-state index is 0.0152. The van der Waals surface area contributed by atoms with Gasteiger partial charge in [-0.15, -0.1) is 0 Å². The average Bonchev–Trinajstić information content (AvgIpc) is 2.39. The number of benzene rings is 1. The standard InChI is InChI=1S/C14H20BrN3O2/c1-10(16)2-7-13(19)17-9-8-14(20)18-12-5-3-11(15)4-6-12/h3-6,10H,2,7-9,16H2,1H3,(H,17,19)(H,18,20). The predicted octanol–water partition coefficient (Wildman–Crippen LogP) is 2.02. The van der Waals surface area contributed by atoms with Crippen molar-refractivity contribution >= 4 is 33.4 Å². The van der Waals surface area contributed by atoms with Crippen molar-refractivity contribution in [3.8, 4) is 0 Å². The SMILES string of the molecule is CC(N)CCC(=O)NCCC(=O)Nc1ccc(Br)cc1. The summed E-state index contributed by atoms with van der Waals surface area (Å²) in [7, 11) is 0. The van der Waals surface area contributed by atoms with Crippen LogP contribution in [0.5, 0.6) is 0 Å². The number of rotatable bonds is 7. The maximum atomic E-state index is 11.7. The third-order valence-electron chi connectivity index (χ3n) is 2.63. The topological polar surface area (TPSA) is 84.2 Å². The highest BCUT2D eigenvalue weighted by atomic mass is 79.9. The van der Waals surface area contributed by atoms with Gasteiger partial charge in [0.2, 0.25) is 11.8 Å². The molecule has 1 atom stereocenters. The van der Waals surface area contributed by atoms with Gasteiger partial charge in [0.05, 0.1) is 0 Å². The van der Waals surface area contributed by atoms with Crippen LogP contribution in [0.2, 0.25) is 0 Å². The maximum Gasteiger partial charge on any atom is 0.226 e. The zero-order chi connectivity index (χ0) is 15.0. The molecule has 0 saturated carbocycles. The van der Waals surface area contributed by atoms with Crippen LogP contribution in [0, 0.1) is 0 Å². The third kappa shape index (κ3) is 7.25. The second-order valence-electron chi connectivity index (χ2n) is 4.67. The first-order valence-corrected chi connectivity index (χ1v) is 7.34. The molecule has 0 aliphatic carbocycles. The lowest BCUT2D eigenvalue weighted by Gasteiger charge is -2.08. The fourth-order valence-electron chi connectivity index (χ4n) is 1.52. The van der Waals surface area contributed by atoms with E-state index >= 15 is 0 Å². The van der Waals surface area contributed by atoms with Crippen molar-refractivity contribution in [3.63, 3.8) is 0 Å². The lowest BCUT2D eigenvalue weighted by Crippen LogP contribution is -2.29. The Kier molecular flexibility index (Phi) is 7.25. The summed E-state index contributed by atoms with van der Waals surface area (Å²) < 4.78 is 0.955. The molecule has 1 aromatic carbocycles. The highest BCUT2D eigenvalue weighted by Crippen LogP contribution is 2.14. The van der Waals surface area contributed by atoms with E-state index in [1.807, 2.05) is 31.2 Å². The van der Waals surface area contributed by atoms with Crippen molar-refractivity contribution in [2.45, 2.75) is 32.2 Å². The van der Waals surface area contributed by atoms with E-state index in [0.29, 0.717) is 19.4 Å². The van der Waals surface area contributed by atoms with Crippen molar-refractivity contribution in [3.05, 3.63) is 28.7 Å². The molecule has 20 heavy (non-hydrogen) atoms. The summed E-state index contributed by atoms with van der Waals surface area (Å²) in [6.45, 7) is 2.19. The molecule has 0 aliphatic heterocycles. The number of carbonyl (C=O) groups excluding carboxylic acids is 2. The fraction of sp³-hybridized carbons (Fsp3) is 0.429. The quantitative estimate of drug-likeness (QED) is 0.709. The molecular formula is C14H20BrN3O2. The molecule has 0 spiro atoms. The first-order valence-electron chi connectivity index (χ1n) is 6.55. The first kappa shape index (κ1) is 16.7. The fourth-order valence-corrected chi connectivity index (χ4v) is 1.78. The lowest BCUT2D eigenvalue weighted by molar-refractivity contribution is -0.121. The van der Waals surface area contributed by atoms with Crippen LogP contribution < -0.4 is 16.4 Å². The van der Waals surface area contributed by atoms with Gasteiger partial charge >= 0.3 is 0 Å². The number of anilines is 1. The second-order valence-corrected chi connectivity index (χ2v) is 5.59. The van der Waals surface area contributed by atoms with Gasteiger partial charge < -0.3 is 16.4 Å². The molecule has 1 unspecified atom stereocenters. The van der Waals surface area contributed by atoms with E-state index in [-0.39, 0.29) is 24.3 Å². The van der Waals surface area contributed by atoms with Gasteiger partial charge in [0.1, 0.15) is 0 Å². The Labute approximate surface area is 127 Å². The Balaban J connectivity index is 2.20. The van der Waals surface area contributed by atoms with Gasteiger partial charge in [0.25, 0.3) is 0 Å². The molecule has 6 heteroatoms. The predicted molar refractivity (Wildman–Crippen MR) is 83.3 cm³/mol. The van der Waals surface area contributed by atoms with Crippen molar-refractivity contribution in [1.29, 1.82) is 0 Å². The summed E-state index contributed by atoms with van der Waals surface area (Å²) in [6.07, 6.45) is 1.29. The van der Waals surface area contributed by atoms with Gasteiger partial charge in [0.15, 0.2) is 0 Å². The number of amides is 2. The summed E-state index contributed by atoms with van der Waals surface area (Å²) in [5, 5.41) is 5.46. The summed E-state index contributed by atoms with van der Waals surface area (Å²) in [5.41, 5.74) is 6.30. The van der Waals surface area contributed by atoms with Gasteiger partial charge in [-0.3, -0.25) is 9.59 Å². The van der Waals surface area contributed by atoms with E-state index in [0.717, 1.165) is 10.2 Å². The van der Waals surface area contributed by atoms with Crippen LogP contribution in [0.15, 0.2) is 28.7 Å². The van der Waals surface area contributed by atoms with E-state index < -0.39 is 0 Å². The molecule has 2 amide bonds. The molecule has 0 heterocycles. The zero-order valence-corrected chi connectivity index (χ0v) is 13.1. The molecule has 0 bridgehead atoms. The van der Waals surface area contributed by atoms with Crippen molar-refractivity contribution in [2.75, 3.05) is 11.9 Å². The number of hydrogen-bond acceptors (Lipinski definition) is 3. The largest absolute Gasteiger partial charge is 0.356 e. The van der Waals surface area contributed by atoms with Crippen LogP contribution in [0.3, 0.4) is 0 Å². The van der Waals surface area contributed by atoms with E-state index in [9.17, 15) is 9.59 Å². The minimum atomic E-state index is -0.125. The number of carbonyl (C=O) groups is 2. The Morgan fingerprint density at radius 3 is 2.45 bits per heavy atom. The van der Waals surface area contributed by atoms with Crippen LogP contribution in [0.1, 0.15) is 26.2 Å². The van der Waals surface area contributed by atoms with Gasteiger partial charge in [-0.2, -0.15) is 0 Å². The lowest BCUT2D eigenvalue weighted by atomic mass is 10.2. The van der Waals surface area contributed by atoms with E-state index in [4.69, 9.17) is 5.73 Å². The second kappa shape index (κ2) is 8.71. The van der Waals surface area contributed by atoms with Crippen LogP contribution >= 0.6 is 15.9 Å². The summed E-state index contributed by atoms with van der Waals surface area (Å²) >= 11 is 3.33. The first-order chi connectivity index (χ1) is 9.47. The van der Waals surface area contributed by atoms with Crippen LogP contribution in [0.25, 0.3) is 0 Å². The molecule has 0 aromatic heterocycles. The Bertz CT molecular complexity index is 446. The normalized spacial score (nSPS) is 11.8. The minimum Gasteiger partial charge on any atom is -0.356 e. The molecule has 110 valence electrons. The third-order valence-corrected chi connectivity index (χ3v) is 3.16. The Morgan fingerprint density at radius 2 is 1.85 bits per heavy atom. The number of halogens is 1. The Hall–Kier alpha value is -1.40. The molecule has 0 fully saturated rings. The average molecular weight is 342 g/mol. The van der Waals surface area contributed by atoms with Gasteiger partial charge in [0, 0.05) is 35.6 Å². The highest BCUT2D eigenvalue weighted by Gasteiger charge is 2.05. The highest BCUT2D eigenvalue weighted by molar-refractivity contribution is 9.10. The van der Waals surface area contributed by atoms with Crippen LogP contribution in [0.4, 0.5) is 5.69 Å². The molecule has 4 N–H and O–H groups in total. The molecule has 1 rings (SSSR count). The molecule has 1 aromatic rings. The zero-order valence-electron chi connectivity index (χ0n) is 11.5. The van der Waals surface area contributed by atoms with Crippen LogP contribution in [-0.2, 0) is 9.59 Å². The summed E-state index contributed by atoms with van der Waals surface area (Å²) in [4.78, 5) is 23.1. The van der Waals surface area contributed by atoms with Gasteiger partial charge in [-0.1, -0.05) is 15.9 Å².